The van der Waals surface area contributed by atoms with Crippen molar-refractivity contribution in [2.24, 2.45) is 5.92 Å². The Balaban J connectivity index is 0.00000466. The minimum absolute atomic E-state index is 0.0211. The Morgan fingerprint density at radius 1 is 1.19 bits per heavy atom. The van der Waals surface area contributed by atoms with E-state index in [-0.39, 0.29) is 42.0 Å². The number of esters is 1. The van der Waals surface area contributed by atoms with Crippen molar-refractivity contribution in [3.05, 3.63) is 59.9 Å². The first-order valence-electron chi connectivity index (χ1n) is 10.5. The molecule has 1 N–H and O–H groups in total. The summed E-state index contributed by atoms with van der Waals surface area (Å²) in [7, 11) is 1.40. The molecule has 0 fully saturated rings. The first-order chi connectivity index (χ1) is 15.2. The molecule has 0 spiro atoms. The third-order valence-electron chi connectivity index (χ3n) is 4.00. The molecule has 1 rings (SSSR count). The number of aliphatic hydroxyl groups is 1. The van der Waals surface area contributed by atoms with Gasteiger partial charge in [-0.05, 0) is 37.0 Å². The summed E-state index contributed by atoms with van der Waals surface area (Å²) in [6.07, 6.45) is 3.41. The normalized spacial score (nSPS) is 11.2. The second kappa shape index (κ2) is 15.6. The van der Waals surface area contributed by atoms with E-state index < -0.39 is 12.1 Å². The van der Waals surface area contributed by atoms with E-state index in [0.29, 0.717) is 24.0 Å². The second-order valence-corrected chi connectivity index (χ2v) is 7.00. The van der Waals surface area contributed by atoms with E-state index in [9.17, 15) is 14.7 Å². The van der Waals surface area contributed by atoms with E-state index in [1.807, 2.05) is 34.6 Å². The molecule has 0 heterocycles. The van der Waals surface area contributed by atoms with Crippen LogP contribution in [0.2, 0.25) is 0 Å². The molecule has 0 saturated heterocycles. The molecule has 0 aliphatic rings. The molecule has 1 unspecified atom stereocenters. The fourth-order valence-electron chi connectivity index (χ4n) is 2.79. The summed E-state index contributed by atoms with van der Waals surface area (Å²) in [4.78, 5) is 23.9. The van der Waals surface area contributed by atoms with Gasteiger partial charge in [-0.25, -0.2) is 4.79 Å². The monoisotopic (exact) mass is 448 g/mol. The van der Waals surface area contributed by atoms with Gasteiger partial charge in [-0.15, -0.1) is 0 Å². The predicted molar refractivity (Wildman–Crippen MR) is 125 cm³/mol. The molecule has 7 heteroatoms. The standard InChI is InChI=1S/C23H30O7.C2H6/c1-7-8-16(4)12-29-23(26)21-19(28-13-17(5)25)10-9-18(22(21)27-6)20(30-14-24)11-15(2)3;1-2/h7-10,14-15,20,25H,4-5,11-13H2,1-3,6H3;1-2H3/b8-7+;. The maximum Gasteiger partial charge on any atom is 0.346 e. The molecule has 1 atom stereocenters. The van der Waals surface area contributed by atoms with Crippen molar-refractivity contribution in [2.75, 3.05) is 20.3 Å². The molecular formula is C25H36O7. The molecule has 7 nitrogen and oxygen atoms in total. The SMILES string of the molecule is C=C(O)COc1ccc(C(CC(C)C)OC=O)c(OC)c1C(=O)OCC(=C)/C=C/C.CC. The molecular weight excluding hydrogens is 412 g/mol. The summed E-state index contributed by atoms with van der Waals surface area (Å²) in [6, 6.07) is 3.19. The van der Waals surface area contributed by atoms with Gasteiger partial charge < -0.3 is 24.1 Å². The van der Waals surface area contributed by atoms with Gasteiger partial charge in [-0.1, -0.05) is 53.0 Å². The van der Waals surface area contributed by atoms with E-state index in [1.165, 1.54) is 7.11 Å². The van der Waals surface area contributed by atoms with E-state index in [4.69, 9.17) is 18.9 Å². The molecule has 1 aromatic carbocycles. The fraction of sp³-hybridized carbons (Fsp3) is 0.440. The van der Waals surface area contributed by atoms with Gasteiger partial charge in [0.1, 0.15) is 42.1 Å². The fourth-order valence-corrected chi connectivity index (χ4v) is 2.79. The van der Waals surface area contributed by atoms with Crippen LogP contribution in [0.1, 0.15) is 63.1 Å². The zero-order valence-electron chi connectivity index (χ0n) is 20.0. The van der Waals surface area contributed by atoms with Crippen LogP contribution in [-0.4, -0.2) is 37.9 Å². The molecule has 178 valence electrons. The number of ether oxygens (including phenoxy) is 4. The van der Waals surface area contributed by atoms with Crippen LogP contribution >= 0.6 is 0 Å². The number of hydrogen-bond donors (Lipinski definition) is 1. The van der Waals surface area contributed by atoms with Crippen molar-refractivity contribution >= 4 is 12.4 Å². The smallest absolute Gasteiger partial charge is 0.346 e. The first kappa shape index (κ1) is 28.8. The highest BCUT2D eigenvalue weighted by atomic mass is 16.5. The molecule has 0 aliphatic carbocycles. The summed E-state index contributed by atoms with van der Waals surface area (Å²) >= 11 is 0. The van der Waals surface area contributed by atoms with E-state index in [2.05, 4.69) is 13.2 Å². The number of methoxy groups -OCH3 is 1. The van der Waals surface area contributed by atoms with E-state index in [0.717, 1.165) is 0 Å². The lowest BCUT2D eigenvalue weighted by Crippen LogP contribution is -2.15. The molecule has 0 aromatic heterocycles. The predicted octanol–water partition coefficient (Wildman–Crippen LogP) is 5.72. The Kier molecular flexibility index (Phi) is 14.0. The van der Waals surface area contributed by atoms with E-state index >= 15 is 0 Å². The molecule has 32 heavy (non-hydrogen) atoms. The van der Waals surface area contributed by atoms with Crippen LogP contribution in [0.15, 0.2) is 48.8 Å². The van der Waals surface area contributed by atoms with Crippen LogP contribution in [0.3, 0.4) is 0 Å². The minimum atomic E-state index is -0.702. The zero-order valence-corrected chi connectivity index (χ0v) is 20.0. The Hall–Kier alpha value is -3.22. The van der Waals surface area contributed by atoms with Crippen molar-refractivity contribution < 1.29 is 33.6 Å². The summed E-state index contributed by atoms with van der Waals surface area (Å²) in [5.41, 5.74) is 1.13. The molecule has 0 radical (unpaired) electrons. The van der Waals surface area contributed by atoms with Crippen molar-refractivity contribution in [3.63, 3.8) is 0 Å². The van der Waals surface area contributed by atoms with Crippen LogP contribution in [-0.2, 0) is 14.3 Å². The van der Waals surface area contributed by atoms with E-state index in [1.54, 1.807) is 24.3 Å². The van der Waals surface area contributed by atoms with Crippen molar-refractivity contribution in [2.45, 2.75) is 47.1 Å². The molecule has 0 aliphatic heterocycles. The lowest BCUT2D eigenvalue weighted by molar-refractivity contribution is -0.134. The van der Waals surface area contributed by atoms with Crippen LogP contribution in [0.5, 0.6) is 11.5 Å². The van der Waals surface area contributed by atoms with Crippen molar-refractivity contribution in [1.29, 1.82) is 0 Å². The topological polar surface area (TPSA) is 91.3 Å². The minimum Gasteiger partial charge on any atom is -0.509 e. The summed E-state index contributed by atoms with van der Waals surface area (Å²) in [5.74, 6) is -0.381. The van der Waals surface area contributed by atoms with Gasteiger partial charge in [0.15, 0.2) is 0 Å². The quantitative estimate of drug-likeness (QED) is 0.178. The van der Waals surface area contributed by atoms with Gasteiger partial charge in [0, 0.05) is 5.56 Å². The molecule has 1 aromatic rings. The number of allylic oxidation sites excluding steroid dienone is 1. The van der Waals surface area contributed by atoms with Crippen molar-refractivity contribution in [3.8, 4) is 11.5 Å². The highest BCUT2D eigenvalue weighted by Crippen LogP contribution is 2.39. The molecule has 0 saturated carbocycles. The molecule has 0 bridgehead atoms. The largest absolute Gasteiger partial charge is 0.509 e. The average molecular weight is 449 g/mol. The highest BCUT2D eigenvalue weighted by molar-refractivity contribution is 5.96. The van der Waals surface area contributed by atoms with Gasteiger partial charge in [-0.3, -0.25) is 4.79 Å². The van der Waals surface area contributed by atoms with Gasteiger partial charge >= 0.3 is 5.97 Å². The average Bonchev–Trinajstić information content (AvgIpc) is 2.76. The van der Waals surface area contributed by atoms with Gasteiger partial charge in [0.05, 0.1) is 7.11 Å². The maximum atomic E-state index is 12.9. The third kappa shape index (κ3) is 9.29. The summed E-state index contributed by atoms with van der Waals surface area (Å²) < 4.78 is 21.6. The number of hydrogen-bond acceptors (Lipinski definition) is 7. The van der Waals surface area contributed by atoms with Gasteiger partial charge in [0.2, 0.25) is 0 Å². The van der Waals surface area contributed by atoms with Crippen LogP contribution in [0.25, 0.3) is 0 Å². The Bertz CT molecular complexity index is 794. The number of carbonyl (C=O) groups is 2. The lowest BCUT2D eigenvalue weighted by atomic mass is 9.96. The summed E-state index contributed by atoms with van der Waals surface area (Å²) in [5, 5.41) is 9.37. The first-order valence-corrected chi connectivity index (χ1v) is 10.5. The van der Waals surface area contributed by atoms with Crippen LogP contribution in [0, 0.1) is 5.92 Å². The van der Waals surface area contributed by atoms with Gasteiger partial charge in [0.25, 0.3) is 6.47 Å². The Labute approximate surface area is 191 Å². The highest BCUT2D eigenvalue weighted by Gasteiger charge is 2.28. The lowest BCUT2D eigenvalue weighted by Gasteiger charge is -2.23. The second-order valence-electron chi connectivity index (χ2n) is 7.00. The molecule has 0 amide bonds. The van der Waals surface area contributed by atoms with Gasteiger partial charge in [-0.2, -0.15) is 0 Å². The third-order valence-corrected chi connectivity index (χ3v) is 4.00. The zero-order chi connectivity index (χ0) is 24.7. The number of aliphatic hydroxyl groups excluding tert-OH is 1. The number of carbonyl (C=O) groups excluding carboxylic acids is 2. The Morgan fingerprint density at radius 2 is 1.84 bits per heavy atom. The van der Waals surface area contributed by atoms with Crippen molar-refractivity contribution in [1.82, 2.24) is 0 Å². The Morgan fingerprint density at radius 3 is 2.34 bits per heavy atom. The maximum absolute atomic E-state index is 12.9. The summed E-state index contributed by atoms with van der Waals surface area (Å²) in [6.45, 7) is 17.1. The number of rotatable bonds is 13. The number of benzene rings is 1. The van der Waals surface area contributed by atoms with Crippen LogP contribution < -0.4 is 9.47 Å². The van der Waals surface area contributed by atoms with Crippen LogP contribution in [0.4, 0.5) is 0 Å².